The number of anilines is 1. The summed E-state index contributed by atoms with van der Waals surface area (Å²) in [7, 11) is 2.18. The smallest absolute Gasteiger partial charge is 0.128 e. The van der Waals surface area contributed by atoms with Crippen molar-refractivity contribution < 1.29 is 0 Å². The molecule has 4 rings (SSSR count). The highest BCUT2D eigenvalue weighted by molar-refractivity contribution is 5.42. The first kappa shape index (κ1) is 14.7. The molecular formula is C20H25N3. The van der Waals surface area contributed by atoms with Crippen molar-refractivity contribution in [2.75, 3.05) is 25.0 Å². The van der Waals surface area contributed by atoms with Crippen LogP contribution in [-0.4, -0.2) is 30.0 Å². The lowest BCUT2D eigenvalue weighted by molar-refractivity contribution is 0.243. The van der Waals surface area contributed by atoms with Gasteiger partial charge in [-0.15, -0.1) is 0 Å². The average molecular weight is 307 g/mol. The summed E-state index contributed by atoms with van der Waals surface area (Å²) in [5.74, 6) is 2.05. The molecule has 2 aromatic rings. The van der Waals surface area contributed by atoms with E-state index >= 15 is 0 Å². The van der Waals surface area contributed by atoms with Crippen LogP contribution in [0.3, 0.4) is 0 Å². The van der Waals surface area contributed by atoms with Gasteiger partial charge in [-0.2, -0.15) is 0 Å². The second-order valence-corrected chi connectivity index (χ2v) is 7.05. The summed E-state index contributed by atoms with van der Waals surface area (Å²) in [5.41, 5.74) is 4.09. The first-order chi connectivity index (χ1) is 11.3. The summed E-state index contributed by atoms with van der Waals surface area (Å²) in [6.45, 7) is 4.31. The monoisotopic (exact) mass is 307 g/mol. The van der Waals surface area contributed by atoms with Gasteiger partial charge in [0.2, 0.25) is 0 Å². The average Bonchev–Trinajstić information content (AvgIpc) is 3.39. The Labute approximate surface area is 139 Å². The van der Waals surface area contributed by atoms with E-state index in [0.29, 0.717) is 0 Å². The van der Waals surface area contributed by atoms with Gasteiger partial charge in [0.15, 0.2) is 0 Å². The molecule has 1 fully saturated rings. The molecule has 0 amide bonds. The zero-order valence-electron chi connectivity index (χ0n) is 13.9. The maximum atomic E-state index is 4.93. The van der Waals surface area contributed by atoms with E-state index in [4.69, 9.17) is 4.98 Å². The van der Waals surface area contributed by atoms with E-state index in [0.717, 1.165) is 44.3 Å². The Morgan fingerprint density at radius 1 is 1.13 bits per heavy atom. The van der Waals surface area contributed by atoms with Crippen LogP contribution >= 0.6 is 0 Å². The fourth-order valence-corrected chi connectivity index (χ4v) is 3.43. The van der Waals surface area contributed by atoms with Gasteiger partial charge in [-0.1, -0.05) is 36.4 Å². The van der Waals surface area contributed by atoms with Crippen molar-refractivity contribution in [3.8, 4) is 0 Å². The largest absolute Gasteiger partial charge is 0.359 e. The molecule has 0 spiro atoms. The number of fused-ring (bicyclic) bond motifs is 1. The molecule has 3 nitrogen and oxygen atoms in total. The van der Waals surface area contributed by atoms with Crippen LogP contribution in [0.2, 0.25) is 0 Å². The summed E-state index contributed by atoms with van der Waals surface area (Å²) < 4.78 is 0. The predicted molar refractivity (Wildman–Crippen MR) is 94.5 cm³/mol. The van der Waals surface area contributed by atoms with Gasteiger partial charge < -0.3 is 4.90 Å². The van der Waals surface area contributed by atoms with Crippen molar-refractivity contribution in [3.05, 3.63) is 59.3 Å². The normalized spacial score (nSPS) is 17.8. The lowest BCUT2D eigenvalue weighted by Crippen LogP contribution is -2.31. The van der Waals surface area contributed by atoms with Gasteiger partial charge in [0.05, 0.1) is 0 Å². The summed E-state index contributed by atoms with van der Waals surface area (Å²) in [6.07, 6.45) is 3.85. The van der Waals surface area contributed by atoms with Gasteiger partial charge in [0, 0.05) is 45.3 Å². The minimum atomic E-state index is 0.902. The lowest BCUT2D eigenvalue weighted by Gasteiger charge is -2.29. The molecule has 1 saturated carbocycles. The zero-order valence-corrected chi connectivity index (χ0v) is 13.9. The third-order valence-electron chi connectivity index (χ3n) is 4.98. The van der Waals surface area contributed by atoms with Crippen LogP contribution in [0.5, 0.6) is 0 Å². The first-order valence-corrected chi connectivity index (χ1v) is 8.74. The molecule has 0 bridgehead atoms. The summed E-state index contributed by atoms with van der Waals surface area (Å²) in [4.78, 5) is 9.78. The minimum absolute atomic E-state index is 0.902. The van der Waals surface area contributed by atoms with Crippen molar-refractivity contribution in [2.45, 2.75) is 32.4 Å². The van der Waals surface area contributed by atoms with Crippen LogP contribution in [0.25, 0.3) is 0 Å². The molecule has 0 unspecified atom stereocenters. The van der Waals surface area contributed by atoms with Crippen LogP contribution < -0.4 is 4.90 Å². The van der Waals surface area contributed by atoms with Crippen molar-refractivity contribution in [1.29, 1.82) is 0 Å². The molecule has 1 aliphatic carbocycles. The Hall–Kier alpha value is -1.87. The molecule has 3 heteroatoms. The SMILES string of the molecule is CN(CC1CC1)c1ccc2c(n1)CCN(Cc1ccccc1)C2. The number of rotatable bonds is 5. The number of nitrogens with zero attached hydrogens (tertiary/aromatic N) is 3. The summed E-state index contributed by atoms with van der Waals surface area (Å²) in [5, 5.41) is 0. The maximum absolute atomic E-state index is 4.93. The topological polar surface area (TPSA) is 19.4 Å². The van der Waals surface area contributed by atoms with Gasteiger partial charge in [-0.25, -0.2) is 4.98 Å². The number of benzene rings is 1. The molecule has 1 aromatic heterocycles. The van der Waals surface area contributed by atoms with E-state index in [1.54, 1.807) is 0 Å². The number of aromatic nitrogens is 1. The highest BCUT2D eigenvalue weighted by atomic mass is 15.2. The number of hydrogen-bond acceptors (Lipinski definition) is 3. The van der Waals surface area contributed by atoms with Crippen LogP contribution in [0.15, 0.2) is 42.5 Å². The van der Waals surface area contributed by atoms with Crippen LogP contribution in [0.4, 0.5) is 5.82 Å². The van der Waals surface area contributed by atoms with Gasteiger partial charge in [-0.3, -0.25) is 4.90 Å². The van der Waals surface area contributed by atoms with Crippen LogP contribution in [-0.2, 0) is 19.5 Å². The van der Waals surface area contributed by atoms with E-state index in [2.05, 4.69) is 59.3 Å². The van der Waals surface area contributed by atoms with Crippen molar-refractivity contribution in [2.24, 2.45) is 5.92 Å². The van der Waals surface area contributed by atoms with Crippen molar-refractivity contribution in [3.63, 3.8) is 0 Å². The van der Waals surface area contributed by atoms with E-state index in [-0.39, 0.29) is 0 Å². The van der Waals surface area contributed by atoms with E-state index in [1.807, 2.05) is 0 Å². The van der Waals surface area contributed by atoms with Gasteiger partial charge >= 0.3 is 0 Å². The maximum Gasteiger partial charge on any atom is 0.128 e. The third-order valence-corrected chi connectivity index (χ3v) is 4.98. The Morgan fingerprint density at radius 2 is 1.96 bits per heavy atom. The van der Waals surface area contributed by atoms with Gasteiger partial charge in [-0.05, 0) is 36.0 Å². The van der Waals surface area contributed by atoms with Crippen LogP contribution in [0, 0.1) is 5.92 Å². The highest BCUT2D eigenvalue weighted by Gasteiger charge is 2.24. The molecule has 2 aliphatic rings. The zero-order chi connectivity index (χ0) is 15.6. The van der Waals surface area contributed by atoms with E-state index in [1.165, 1.54) is 29.7 Å². The van der Waals surface area contributed by atoms with Crippen LogP contribution in [0.1, 0.15) is 29.7 Å². The number of hydrogen-bond donors (Lipinski definition) is 0. The molecule has 1 aromatic carbocycles. The van der Waals surface area contributed by atoms with E-state index < -0.39 is 0 Å². The van der Waals surface area contributed by atoms with Gasteiger partial charge in [0.25, 0.3) is 0 Å². The molecule has 1 aliphatic heterocycles. The number of pyridine rings is 1. The summed E-state index contributed by atoms with van der Waals surface area (Å²) in [6, 6.07) is 15.2. The Balaban J connectivity index is 1.43. The fourth-order valence-electron chi connectivity index (χ4n) is 3.43. The predicted octanol–water partition coefficient (Wildman–Crippen LogP) is 3.49. The molecule has 0 N–H and O–H groups in total. The van der Waals surface area contributed by atoms with Crippen molar-refractivity contribution in [1.82, 2.24) is 9.88 Å². The quantitative estimate of drug-likeness (QED) is 0.843. The van der Waals surface area contributed by atoms with E-state index in [9.17, 15) is 0 Å². The molecule has 2 heterocycles. The third kappa shape index (κ3) is 3.56. The lowest BCUT2D eigenvalue weighted by atomic mass is 10.0. The fraction of sp³-hybridized carbons (Fsp3) is 0.450. The second kappa shape index (κ2) is 6.32. The first-order valence-electron chi connectivity index (χ1n) is 8.74. The molecule has 120 valence electrons. The minimum Gasteiger partial charge on any atom is -0.359 e. The Morgan fingerprint density at radius 3 is 2.74 bits per heavy atom. The molecular weight excluding hydrogens is 282 g/mol. The molecule has 0 radical (unpaired) electrons. The van der Waals surface area contributed by atoms with Gasteiger partial charge in [0.1, 0.15) is 5.82 Å². The molecule has 0 saturated heterocycles. The second-order valence-electron chi connectivity index (χ2n) is 7.05. The Bertz CT molecular complexity index is 664. The molecule has 0 atom stereocenters. The highest BCUT2D eigenvalue weighted by Crippen LogP contribution is 2.31. The molecule has 23 heavy (non-hydrogen) atoms. The Kier molecular flexibility index (Phi) is 4.04. The van der Waals surface area contributed by atoms with Crippen molar-refractivity contribution >= 4 is 5.82 Å². The summed E-state index contributed by atoms with van der Waals surface area (Å²) >= 11 is 0. The standard InChI is InChI=1S/C20H25N3/c1-22(13-17-7-8-17)20-10-9-18-15-23(12-11-19(18)21-20)14-16-5-3-2-4-6-16/h2-6,9-10,17H,7-8,11-15H2,1H3.